The van der Waals surface area contributed by atoms with Gasteiger partial charge in [-0.25, -0.2) is 0 Å². The van der Waals surface area contributed by atoms with E-state index in [-0.39, 0.29) is 5.84 Å². The van der Waals surface area contributed by atoms with Gasteiger partial charge >= 0.3 is 0 Å². The molecule has 6 heteroatoms. The molecule has 0 fully saturated rings. The molecule has 0 heterocycles. The van der Waals surface area contributed by atoms with Gasteiger partial charge in [0.2, 0.25) is 0 Å². The maximum Gasteiger partial charge on any atom is 0.171 e. The number of rotatable bonds is 5. The van der Waals surface area contributed by atoms with Crippen LogP contribution in [0.15, 0.2) is 23.4 Å². The zero-order valence-electron chi connectivity index (χ0n) is 9.85. The van der Waals surface area contributed by atoms with Gasteiger partial charge in [0.1, 0.15) is 12.4 Å². The number of halogens is 1. The summed E-state index contributed by atoms with van der Waals surface area (Å²) in [7, 11) is 3.94. The molecule has 0 unspecified atom stereocenters. The Bertz CT molecular complexity index is 408. The molecule has 1 rings (SSSR count). The standard InChI is InChI=1S/C11H16ClN3O2/c1-15(2)5-6-17-8-3-4-9(10(12)7-8)11(13)14-16/h3-4,7,16H,5-6H2,1-2H3,(H2,13,14). The SMILES string of the molecule is CN(C)CCOc1ccc(C(N)=NO)c(Cl)c1. The number of benzene rings is 1. The van der Waals surface area contributed by atoms with Crippen LogP contribution < -0.4 is 10.5 Å². The second-order valence-electron chi connectivity index (χ2n) is 3.78. The highest BCUT2D eigenvalue weighted by molar-refractivity contribution is 6.34. The molecule has 0 radical (unpaired) electrons. The molecule has 0 aliphatic rings. The second kappa shape index (κ2) is 6.32. The third kappa shape index (κ3) is 4.13. The van der Waals surface area contributed by atoms with E-state index in [9.17, 15) is 0 Å². The lowest BCUT2D eigenvalue weighted by molar-refractivity contribution is 0.261. The first kappa shape index (κ1) is 13.6. The van der Waals surface area contributed by atoms with Crippen LogP contribution in [-0.2, 0) is 0 Å². The van der Waals surface area contributed by atoms with Gasteiger partial charge in [-0.2, -0.15) is 0 Å². The van der Waals surface area contributed by atoms with Crippen LogP contribution >= 0.6 is 11.6 Å². The van der Waals surface area contributed by atoms with Crippen molar-refractivity contribution in [3.8, 4) is 5.75 Å². The molecule has 3 N–H and O–H groups in total. The van der Waals surface area contributed by atoms with E-state index in [1.807, 2.05) is 19.0 Å². The molecule has 0 aliphatic heterocycles. The first-order valence-electron chi connectivity index (χ1n) is 5.09. The van der Waals surface area contributed by atoms with Gasteiger partial charge in [0.25, 0.3) is 0 Å². The number of amidine groups is 1. The van der Waals surface area contributed by atoms with E-state index in [1.54, 1.807) is 18.2 Å². The minimum absolute atomic E-state index is 0.0187. The van der Waals surface area contributed by atoms with Crippen LogP contribution in [0.2, 0.25) is 5.02 Å². The minimum atomic E-state index is -0.0187. The van der Waals surface area contributed by atoms with Gasteiger partial charge < -0.3 is 20.6 Å². The summed E-state index contributed by atoms with van der Waals surface area (Å²) in [4.78, 5) is 2.02. The molecule has 0 spiro atoms. The molecule has 0 aromatic heterocycles. The molecule has 94 valence electrons. The number of nitrogens with zero attached hydrogens (tertiary/aromatic N) is 2. The summed E-state index contributed by atoms with van der Waals surface area (Å²) in [6.45, 7) is 1.39. The lowest BCUT2D eigenvalue weighted by Gasteiger charge is -2.11. The van der Waals surface area contributed by atoms with Crippen molar-refractivity contribution < 1.29 is 9.94 Å². The van der Waals surface area contributed by atoms with Crippen molar-refractivity contribution in [1.82, 2.24) is 4.90 Å². The Hall–Kier alpha value is -1.46. The molecular weight excluding hydrogens is 242 g/mol. The van der Waals surface area contributed by atoms with Crippen LogP contribution in [-0.4, -0.2) is 43.2 Å². The monoisotopic (exact) mass is 257 g/mol. The molecule has 17 heavy (non-hydrogen) atoms. The number of likely N-dealkylation sites (N-methyl/N-ethyl adjacent to an activating group) is 1. The fraction of sp³-hybridized carbons (Fsp3) is 0.364. The highest BCUT2D eigenvalue weighted by atomic mass is 35.5. The lowest BCUT2D eigenvalue weighted by atomic mass is 10.2. The van der Waals surface area contributed by atoms with E-state index in [1.165, 1.54) is 0 Å². The van der Waals surface area contributed by atoms with E-state index in [0.717, 1.165) is 6.54 Å². The molecule has 0 atom stereocenters. The van der Waals surface area contributed by atoms with Crippen LogP contribution in [0.4, 0.5) is 0 Å². The molecule has 1 aromatic rings. The molecule has 0 saturated heterocycles. The van der Waals surface area contributed by atoms with E-state index < -0.39 is 0 Å². The fourth-order valence-electron chi connectivity index (χ4n) is 1.19. The van der Waals surface area contributed by atoms with Gasteiger partial charge in [0.05, 0.1) is 5.02 Å². The van der Waals surface area contributed by atoms with E-state index >= 15 is 0 Å². The third-order valence-corrected chi connectivity index (χ3v) is 2.44. The first-order valence-corrected chi connectivity index (χ1v) is 5.47. The quantitative estimate of drug-likeness (QED) is 0.362. The van der Waals surface area contributed by atoms with Crippen molar-refractivity contribution in [2.75, 3.05) is 27.2 Å². The number of hydrogen-bond donors (Lipinski definition) is 2. The summed E-state index contributed by atoms with van der Waals surface area (Å²) in [6.07, 6.45) is 0. The van der Waals surface area contributed by atoms with Crippen LogP contribution in [0, 0.1) is 0 Å². The molecule has 1 aromatic carbocycles. The summed E-state index contributed by atoms with van der Waals surface area (Å²) < 4.78 is 5.50. The number of nitrogens with two attached hydrogens (primary N) is 1. The van der Waals surface area contributed by atoms with E-state index in [2.05, 4.69) is 5.16 Å². The summed E-state index contributed by atoms with van der Waals surface area (Å²) in [5, 5.41) is 11.8. The second-order valence-corrected chi connectivity index (χ2v) is 4.19. The van der Waals surface area contributed by atoms with Crippen LogP contribution in [0.1, 0.15) is 5.56 Å². The maximum absolute atomic E-state index is 8.55. The number of oxime groups is 1. The Morgan fingerprint density at radius 1 is 1.53 bits per heavy atom. The number of ether oxygens (including phenoxy) is 1. The molecule has 0 saturated carbocycles. The normalized spacial score (nSPS) is 11.9. The maximum atomic E-state index is 8.55. The highest BCUT2D eigenvalue weighted by Gasteiger charge is 2.06. The highest BCUT2D eigenvalue weighted by Crippen LogP contribution is 2.22. The smallest absolute Gasteiger partial charge is 0.171 e. The fourth-order valence-corrected chi connectivity index (χ4v) is 1.46. The zero-order valence-corrected chi connectivity index (χ0v) is 10.6. The summed E-state index contributed by atoms with van der Waals surface area (Å²) in [5.41, 5.74) is 5.93. The Kier molecular flexibility index (Phi) is 5.06. The van der Waals surface area contributed by atoms with Crippen molar-refractivity contribution in [1.29, 1.82) is 0 Å². The molecule has 0 amide bonds. The van der Waals surface area contributed by atoms with Crippen molar-refractivity contribution in [3.05, 3.63) is 28.8 Å². The van der Waals surface area contributed by atoms with Gasteiger partial charge in [0.15, 0.2) is 5.84 Å². The first-order chi connectivity index (χ1) is 8.04. The van der Waals surface area contributed by atoms with Crippen LogP contribution in [0.3, 0.4) is 0 Å². The lowest BCUT2D eigenvalue weighted by Crippen LogP contribution is -2.19. The van der Waals surface area contributed by atoms with E-state index in [0.29, 0.717) is 22.9 Å². The van der Waals surface area contributed by atoms with Crippen molar-refractivity contribution in [2.24, 2.45) is 10.9 Å². The van der Waals surface area contributed by atoms with Crippen LogP contribution in [0.5, 0.6) is 5.75 Å². The van der Waals surface area contributed by atoms with Gasteiger partial charge in [-0.1, -0.05) is 16.8 Å². The average Bonchev–Trinajstić information content (AvgIpc) is 2.28. The Morgan fingerprint density at radius 2 is 2.24 bits per heavy atom. The van der Waals surface area contributed by atoms with Crippen LogP contribution in [0.25, 0.3) is 0 Å². The van der Waals surface area contributed by atoms with Crippen molar-refractivity contribution in [3.63, 3.8) is 0 Å². The van der Waals surface area contributed by atoms with Crippen molar-refractivity contribution >= 4 is 17.4 Å². The Morgan fingerprint density at radius 3 is 2.76 bits per heavy atom. The van der Waals surface area contributed by atoms with Gasteiger partial charge in [-0.05, 0) is 32.3 Å². The predicted molar refractivity (Wildman–Crippen MR) is 68.0 cm³/mol. The molecule has 0 bridgehead atoms. The third-order valence-electron chi connectivity index (χ3n) is 2.13. The summed E-state index contributed by atoms with van der Waals surface area (Å²) in [6, 6.07) is 5.03. The topological polar surface area (TPSA) is 71.1 Å². The van der Waals surface area contributed by atoms with Crippen molar-refractivity contribution in [2.45, 2.75) is 0 Å². The van der Waals surface area contributed by atoms with Gasteiger partial charge in [-0.3, -0.25) is 0 Å². The zero-order chi connectivity index (χ0) is 12.8. The van der Waals surface area contributed by atoms with Gasteiger partial charge in [-0.15, -0.1) is 0 Å². The summed E-state index contributed by atoms with van der Waals surface area (Å²) in [5.74, 6) is 0.640. The minimum Gasteiger partial charge on any atom is -0.492 e. The average molecular weight is 258 g/mol. The van der Waals surface area contributed by atoms with Gasteiger partial charge in [0, 0.05) is 12.1 Å². The largest absolute Gasteiger partial charge is 0.492 e. The Balaban J connectivity index is 2.69. The molecule has 0 aliphatic carbocycles. The van der Waals surface area contributed by atoms with E-state index in [4.69, 9.17) is 27.3 Å². The number of hydrogen-bond acceptors (Lipinski definition) is 4. The molecule has 5 nitrogen and oxygen atoms in total. The predicted octanol–water partition coefficient (Wildman–Crippen LogP) is 1.37. The molecular formula is C11H16ClN3O2. The summed E-state index contributed by atoms with van der Waals surface area (Å²) >= 11 is 5.98. The Labute approximate surface area is 105 Å².